The third-order valence-corrected chi connectivity index (χ3v) is 3.75. The summed E-state index contributed by atoms with van der Waals surface area (Å²) in [4.78, 5) is 11.9. The van der Waals surface area contributed by atoms with Crippen molar-refractivity contribution >= 4 is 21.8 Å². The lowest BCUT2D eigenvalue weighted by Gasteiger charge is -2.24. The summed E-state index contributed by atoms with van der Waals surface area (Å²) in [5.74, 6) is -0.351. The van der Waals surface area contributed by atoms with Gasteiger partial charge in [0, 0.05) is 17.4 Å². The molecule has 2 nitrogen and oxygen atoms in total. The minimum atomic E-state index is -4.38. The Morgan fingerprint density at radius 2 is 1.76 bits per heavy atom. The predicted octanol–water partition coefficient (Wildman–Crippen LogP) is 4.64. The lowest BCUT2D eigenvalue weighted by molar-refractivity contribution is -0.137. The molecule has 0 aliphatic heterocycles. The Balaban J connectivity index is 2.60. The van der Waals surface area contributed by atoms with Gasteiger partial charge in [0.2, 0.25) is 0 Å². The Morgan fingerprint density at radius 3 is 2.24 bits per heavy atom. The summed E-state index contributed by atoms with van der Waals surface area (Å²) < 4.78 is 37.3. The van der Waals surface area contributed by atoms with E-state index in [4.69, 9.17) is 0 Å². The van der Waals surface area contributed by atoms with Crippen LogP contribution < -0.4 is 5.32 Å². The highest BCUT2D eigenvalue weighted by Crippen LogP contribution is 2.29. The fourth-order valence-electron chi connectivity index (χ4n) is 1.87. The number of carbonyl (C=O) groups excluding carboxylic acids is 1. The van der Waals surface area contributed by atoms with E-state index in [1.54, 1.807) is 0 Å². The van der Waals surface area contributed by atoms with E-state index in [0.29, 0.717) is 6.54 Å². The topological polar surface area (TPSA) is 29.1 Å². The molecule has 1 N–H and O–H groups in total. The van der Waals surface area contributed by atoms with Gasteiger partial charge >= 0.3 is 6.18 Å². The van der Waals surface area contributed by atoms with E-state index in [0.717, 1.165) is 30.3 Å². The van der Waals surface area contributed by atoms with Crippen molar-refractivity contribution in [3.63, 3.8) is 0 Å². The number of carbonyl (C=O) groups is 1. The second-order valence-corrected chi connectivity index (χ2v) is 6.51. The molecule has 0 spiro atoms. The van der Waals surface area contributed by atoms with Crippen molar-refractivity contribution in [3.8, 4) is 0 Å². The second kappa shape index (κ2) is 7.29. The highest BCUT2D eigenvalue weighted by molar-refractivity contribution is 9.09. The van der Waals surface area contributed by atoms with Gasteiger partial charge < -0.3 is 5.32 Å². The highest BCUT2D eigenvalue weighted by atomic mass is 79.9. The van der Waals surface area contributed by atoms with Crippen LogP contribution in [0.3, 0.4) is 0 Å². The zero-order valence-corrected chi connectivity index (χ0v) is 13.6. The van der Waals surface area contributed by atoms with Crippen molar-refractivity contribution in [2.24, 2.45) is 5.41 Å². The first-order chi connectivity index (χ1) is 9.65. The fraction of sp³-hybridized carbons (Fsp3) is 0.533. The van der Waals surface area contributed by atoms with E-state index < -0.39 is 11.7 Å². The maximum atomic E-state index is 12.4. The van der Waals surface area contributed by atoms with Crippen LogP contribution in [0.15, 0.2) is 24.3 Å². The molecule has 1 rings (SSSR count). The van der Waals surface area contributed by atoms with Crippen molar-refractivity contribution < 1.29 is 18.0 Å². The Bertz CT molecular complexity index is 469. The van der Waals surface area contributed by atoms with Crippen LogP contribution in [0.4, 0.5) is 13.2 Å². The van der Waals surface area contributed by atoms with Crippen molar-refractivity contribution in [1.82, 2.24) is 5.32 Å². The Kier molecular flexibility index (Phi) is 6.25. The monoisotopic (exact) mass is 365 g/mol. The normalized spacial score (nSPS) is 12.3. The third kappa shape index (κ3) is 6.08. The van der Waals surface area contributed by atoms with Gasteiger partial charge in [0.25, 0.3) is 5.91 Å². The average molecular weight is 366 g/mol. The SMILES string of the molecule is CC(C)(CCCBr)CNC(=O)c1ccc(C(F)(F)F)cc1. The van der Waals surface area contributed by atoms with Crippen LogP contribution in [-0.4, -0.2) is 17.8 Å². The van der Waals surface area contributed by atoms with Gasteiger partial charge in [0.1, 0.15) is 0 Å². The molecule has 0 aliphatic rings. The molecular weight excluding hydrogens is 347 g/mol. The first-order valence-electron chi connectivity index (χ1n) is 6.67. The van der Waals surface area contributed by atoms with Gasteiger partial charge in [0.15, 0.2) is 0 Å². The molecule has 1 amide bonds. The molecule has 6 heteroatoms. The lowest BCUT2D eigenvalue weighted by Crippen LogP contribution is -2.34. The molecule has 0 aliphatic carbocycles. The number of halogens is 4. The summed E-state index contributed by atoms with van der Waals surface area (Å²) in [5, 5.41) is 3.68. The molecule has 0 radical (unpaired) electrons. The summed E-state index contributed by atoms with van der Waals surface area (Å²) in [6.07, 6.45) is -2.43. The summed E-state index contributed by atoms with van der Waals surface area (Å²) in [5.41, 5.74) is -0.564. The zero-order valence-electron chi connectivity index (χ0n) is 12.1. The molecule has 0 aromatic heterocycles. The Morgan fingerprint density at radius 1 is 1.19 bits per heavy atom. The molecule has 21 heavy (non-hydrogen) atoms. The average Bonchev–Trinajstić information content (AvgIpc) is 2.42. The number of hydrogen-bond donors (Lipinski definition) is 1. The number of amides is 1. The predicted molar refractivity (Wildman–Crippen MR) is 80.6 cm³/mol. The Hall–Kier alpha value is -1.04. The zero-order chi connectivity index (χ0) is 16.1. The van der Waals surface area contributed by atoms with E-state index in [1.807, 2.05) is 13.8 Å². The van der Waals surface area contributed by atoms with E-state index in [2.05, 4.69) is 21.2 Å². The summed E-state index contributed by atoms with van der Waals surface area (Å²) in [6.45, 7) is 4.57. The molecule has 1 aromatic rings. The summed E-state index contributed by atoms with van der Waals surface area (Å²) >= 11 is 3.36. The fourth-order valence-corrected chi connectivity index (χ4v) is 2.15. The second-order valence-electron chi connectivity index (χ2n) is 5.71. The highest BCUT2D eigenvalue weighted by Gasteiger charge is 2.30. The number of rotatable bonds is 6. The quantitative estimate of drug-likeness (QED) is 0.731. The van der Waals surface area contributed by atoms with Crippen LogP contribution >= 0.6 is 15.9 Å². The van der Waals surface area contributed by atoms with E-state index >= 15 is 0 Å². The maximum Gasteiger partial charge on any atom is 0.416 e. The summed E-state index contributed by atoms with van der Waals surface area (Å²) in [6, 6.07) is 4.24. The van der Waals surface area contributed by atoms with Crippen LogP contribution in [0, 0.1) is 5.41 Å². The number of nitrogens with one attached hydrogen (secondary N) is 1. The Labute approximate surface area is 131 Å². The van der Waals surface area contributed by atoms with Gasteiger partial charge in [-0.05, 0) is 42.5 Å². The molecule has 0 saturated carbocycles. The van der Waals surface area contributed by atoms with Crippen LogP contribution in [0.1, 0.15) is 42.6 Å². The van der Waals surface area contributed by atoms with Gasteiger partial charge in [0.05, 0.1) is 5.56 Å². The van der Waals surface area contributed by atoms with Gasteiger partial charge in [-0.1, -0.05) is 29.8 Å². The van der Waals surface area contributed by atoms with Crippen molar-refractivity contribution in [1.29, 1.82) is 0 Å². The van der Waals surface area contributed by atoms with Crippen LogP contribution in [0.5, 0.6) is 0 Å². The van der Waals surface area contributed by atoms with Gasteiger partial charge in [-0.15, -0.1) is 0 Å². The first-order valence-corrected chi connectivity index (χ1v) is 7.79. The maximum absolute atomic E-state index is 12.4. The molecular formula is C15H19BrF3NO. The van der Waals surface area contributed by atoms with Crippen LogP contribution in [0.2, 0.25) is 0 Å². The van der Waals surface area contributed by atoms with E-state index in [9.17, 15) is 18.0 Å². The van der Waals surface area contributed by atoms with Gasteiger partial charge in [-0.25, -0.2) is 0 Å². The molecule has 0 unspecified atom stereocenters. The smallest absolute Gasteiger partial charge is 0.352 e. The minimum Gasteiger partial charge on any atom is -0.352 e. The van der Waals surface area contributed by atoms with E-state index in [-0.39, 0.29) is 16.9 Å². The minimum absolute atomic E-state index is 0.0463. The molecule has 0 atom stereocenters. The lowest BCUT2D eigenvalue weighted by atomic mass is 9.88. The molecule has 118 valence electrons. The standard InChI is InChI=1S/C15H19BrF3NO/c1-14(2,8-3-9-16)10-20-13(21)11-4-6-12(7-5-11)15(17,18)19/h4-7H,3,8-10H2,1-2H3,(H,20,21). The molecule has 0 heterocycles. The largest absolute Gasteiger partial charge is 0.416 e. The number of hydrogen-bond acceptors (Lipinski definition) is 1. The third-order valence-electron chi connectivity index (χ3n) is 3.19. The van der Waals surface area contributed by atoms with Gasteiger partial charge in [-0.2, -0.15) is 13.2 Å². The van der Waals surface area contributed by atoms with E-state index in [1.165, 1.54) is 12.1 Å². The van der Waals surface area contributed by atoms with Crippen molar-refractivity contribution in [3.05, 3.63) is 35.4 Å². The van der Waals surface area contributed by atoms with Crippen molar-refractivity contribution in [2.45, 2.75) is 32.9 Å². The molecule has 1 aromatic carbocycles. The van der Waals surface area contributed by atoms with Crippen molar-refractivity contribution in [2.75, 3.05) is 11.9 Å². The number of benzene rings is 1. The molecule has 0 bridgehead atoms. The molecule has 0 saturated heterocycles. The van der Waals surface area contributed by atoms with Crippen LogP contribution in [0.25, 0.3) is 0 Å². The van der Waals surface area contributed by atoms with Gasteiger partial charge in [-0.3, -0.25) is 4.79 Å². The summed E-state index contributed by atoms with van der Waals surface area (Å²) in [7, 11) is 0. The first kappa shape index (κ1) is 18.0. The van der Waals surface area contributed by atoms with Crippen LogP contribution in [-0.2, 0) is 6.18 Å². The molecule has 0 fully saturated rings. The number of alkyl halides is 4.